The highest BCUT2D eigenvalue weighted by molar-refractivity contribution is 7.80. The minimum Gasteiger partial charge on any atom is -0.480 e. The number of carboxylic acids is 1. The Morgan fingerprint density at radius 2 is 2.17 bits per heavy atom. The minimum atomic E-state index is -1.00. The summed E-state index contributed by atoms with van der Waals surface area (Å²) in [6.07, 6.45) is 2.80. The number of amides is 1. The fourth-order valence-corrected chi connectivity index (χ4v) is 2.37. The fourth-order valence-electron chi connectivity index (χ4n) is 2.11. The van der Waals surface area contributed by atoms with E-state index in [1.807, 2.05) is 6.92 Å². The first-order valence-corrected chi connectivity index (χ1v) is 6.94. The number of ether oxygens (including phenoxy) is 1. The molecular weight excluding hydrogens is 254 g/mol. The van der Waals surface area contributed by atoms with Gasteiger partial charge in [-0.2, -0.15) is 12.6 Å². The second kappa shape index (κ2) is 7.63. The number of hydrogen-bond acceptors (Lipinski definition) is 4. The van der Waals surface area contributed by atoms with E-state index >= 15 is 0 Å². The van der Waals surface area contributed by atoms with Crippen molar-refractivity contribution in [3.8, 4) is 0 Å². The molecule has 1 amide bonds. The van der Waals surface area contributed by atoms with E-state index in [1.165, 1.54) is 0 Å². The zero-order valence-electron chi connectivity index (χ0n) is 10.6. The molecule has 0 aromatic carbocycles. The molecule has 1 fully saturated rings. The first-order chi connectivity index (χ1) is 8.56. The molecule has 1 atom stereocenters. The van der Waals surface area contributed by atoms with Gasteiger partial charge >= 0.3 is 5.97 Å². The van der Waals surface area contributed by atoms with Crippen LogP contribution in [0.5, 0.6) is 0 Å². The zero-order valence-corrected chi connectivity index (χ0v) is 11.5. The van der Waals surface area contributed by atoms with Gasteiger partial charge in [-0.3, -0.25) is 4.79 Å². The van der Waals surface area contributed by atoms with Crippen molar-refractivity contribution >= 4 is 24.5 Å². The maximum Gasteiger partial charge on any atom is 0.326 e. The quantitative estimate of drug-likeness (QED) is 0.579. The van der Waals surface area contributed by atoms with E-state index in [0.29, 0.717) is 31.1 Å². The second-order valence-corrected chi connectivity index (χ2v) is 5.04. The third-order valence-electron chi connectivity index (χ3n) is 3.12. The topological polar surface area (TPSA) is 75.6 Å². The van der Waals surface area contributed by atoms with Crippen LogP contribution in [0.1, 0.15) is 32.6 Å². The number of rotatable bonds is 8. The lowest BCUT2D eigenvalue weighted by molar-refractivity contribution is -0.142. The van der Waals surface area contributed by atoms with Crippen LogP contribution in [0.2, 0.25) is 0 Å². The lowest BCUT2D eigenvalue weighted by atomic mass is 9.80. The highest BCUT2D eigenvalue weighted by Gasteiger charge is 2.31. The zero-order chi connectivity index (χ0) is 13.5. The first-order valence-electron chi connectivity index (χ1n) is 6.31. The van der Waals surface area contributed by atoms with Gasteiger partial charge in [-0.25, -0.2) is 4.79 Å². The molecule has 0 aromatic heterocycles. The van der Waals surface area contributed by atoms with Gasteiger partial charge in [0.05, 0.1) is 6.10 Å². The normalized spacial score (nSPS) is 24.1. The summed E-state index contributed by atoms with van der Waals surface area (Å²) in [6, 6.07) is -0.822. The second-order valence-electron chi connectivity index (χ2n) is 4.59. The molecule has 0 spiro atoms. The third kappa shape index (κ3) is 4.86. The summed E-state index contributed by atoms with van der Waals surface area (Å²) >= 11 is 3.98. The number of aliphatic carboxylic acids is 1. The van der Waals surface area contributed by atoms with Gasteiger partial charge in [0.15, 0.2) is 0 Å². The number of carboxylic acid groups (broad SMARTS) is 1. The van der Waals surface area contributed by atoms with Gasteiger partial charge in [0.2, 0.25) is 5.91 Å². The highest BCUT2D eigenvalue weighted by Crippen LogP contribution is 2.32. The van der Waals surface area contributed by atoms with Gasteiger partial charge in [0.25, 0.3) is 0 Å². The molecule has 1 aliphatic carbocycles. The molecule has 0 aliphatic heterocycles. The van der Waals surface area contributed by atoms with Crippen LogP contribution in [-0.4, -0.2) is 41.5 Å². The Hall–Kier alpha value is -0.750. The van der Waals surface area contributed by atoms with Crippen LogP contribution >= 0.6 is 12.6 Å². The number of thiol groups is 1. The van der Waals surface area contributed by atoms with Crippen LogP contribution in [0, 0.1) is 5.92 Å². The van der Waals surface area contributed by atoms with Crippen LogP contribution in [0.4, 0.5) is 0 Å². The van der Waals surface area contributed by atoms with E-state index in [9.17, 15) is 9.59 Å². The van der Waals surface area contributed by atoms with Crippen LogP contribution in [-0.2, 0) is 14.3 Å². The Bertz CT molecular complexity index is 292. The van der Waals surface area contributed by atoms with Crippen LogP contribution in [0.3, 0.4) is 0 Å². The monoisotopic (exact) mass is 275 g/mol. The van der Waals surface area contributed by atoms with E-state index in [4.69, 9.17) is 9.84 Å². The van der Waals surface area contributed by atoms with Crippen LogP contribution < -0.4 is 5.32 Å². The number of nitrogens with one attached hydrogen (secondary N) is 1. The average molecular weight is 275 g/mol. The van der Waals surface area contributed by atoms with Crippen molar-refractivity contribution in [3.63, 3.8) is 0 Å². The van der Waals surface area contributed by atoms with Crippen LogP contribution in [0.25, 0.3) is 0 Å². The molecular formula is C12H21NO4S. The summed E-state index contributed by atoms with van der Waals surface area (Å²) < 4.78 is 5.41. The molecule has 104 valence electrons. The predicted molar refractivity (Wildman–Crippen MR) is 70.8 cm³/mol. The van der Waals surface area contributed by atoms with Crippen molar-refractivity contribution in [1.29, 1.82) is 0 Å². The van der Waals surface area contributed by atoms with Gasteiger partial charge in [-0.1, -0.05) is 0 Å². The summed E-state index contributed by atoms with van der Waals surface area (Å²) in [5, 5.41) is 11.4. The van der Waals surface area contributed by atoms with Crippen LogP contribution in [0.15, 0.2) is 0 Å². The molecule has 18 heavy (non-hydrogen) atoms. The molecule has 1 unspecified atom stereocenters. The van der Waals surface area contributed by atoms with E-state index < -0.39 is 12.0 Å². The Morgan fingerprint density at radius 1 is 1.50 bits per heavy atom. The summed E-state index contributed by atoms with van der Waals surface area (Å²) in [5.41, 5.74) is 0. The number of carbonyl (C=O) groups excluding carboxylic acids is 1. The SMILES string of the molecule is CCOC1CC(CC(=O)NC(CCS)C(=O)O)C1. The Kier molecular flexibility index (Phi) is 6.49. The lowest BCUT2D eigenvalue weighted by Gasteiger charge is -2.34. The highest BCUT2D eigenvalue weighted by atomic mass is 32.1. The maximum absolute atomic E-state index is 11.7. The van der Waals surface area contributed by atoms with Gasteiger partial charge in [0, 0.05) is 13.0 Å². The Morgan fingerprint density at radius 3 is 2.67 bits per heavy atom. The molecule has 5 nitrogen and oxygen atoms in total. The van der Waals surface area contributed by atoms with Crippen molar-refractivity contribution in [1.82, 2.24) is 5.32 Å². The largest absolute Gasteiger partial charge is 0.480 e. The molecule has 0 heterocycles. The van der Waals surface area contributed by atoms with E-state index in [-0.39, 0.29) is 12.0 Å². The summed E-state index contributed by atoms with van der Waals surface area (Å²) in [4.78, 5) is 22.5. The standard InChI is InChI=1S/C12H21NO4S/c1-2-17-9-5-8(6-9)7-11(14)13-10(3-4-18)12(15)16/h8-10,18H,2-7H2,1H3,(H,13,14)(H,15,16). The van der Waals surface area contributed by atoms with Crippen molar-refractivity contribution in [3.05, 3.63) is 0 Å². The summed E-state index contributed by atoms with van der Waals surface area (Å²) in [6.45, 7) is 2.65. The van der Waals surface area contributed by atoms with Crippen molar-refractivity contribution < 1.29 is 19.4 Å². The summed E-state index contributed by atoms with van der Waals surface area (Å²) in [7, 11) is 0. The van der Waals surface area contributed by atoms with Gasteiger partial charge in [0.1, 0.15) is 6.04 Å². The molecule has 1 aliphatic rings. The molecule has 1 rings (SSSR count). The third-order valence-corrected chi connectivity index (χ3v) is 3.38. The Balaban J connectivity index is 2.23. The smallest absolute Gasteiger partial charge is 0.326 e. The average Bonchev–Trinajstić information content (AvgIpc) is 2.25. The first kappa shape index (κ1) is 15.3. The summed E-state index contributed by atoms with van der Waals surface area (Å²) in [5.74, 6) is -0.429. The van der Waals surface area contributed by atoms with Crippen molar-refractivity contribution in [2.45, 2.75) is 44.8 Å². The van der Waals surface area contributed by atoms with Crippen molar-refractivity contribution in [2.75, 3.05) is 12.4 Å². The van der Waals surface area contributed by atoms with Gasteiger partial charge in [-0.15, -0.1) is 0 Å². The van der Waals surface area contributed by atoms with E-state index in [1.54, 1.807) is 0 Å². The van der Waals surface area contributed by atoms with Gasteiger partial charge < -0.3 is 15.2 Å². The maximum atomic E-state index is 11.7. The van der Waals surface area contributed by atoms with Gasteiger partial charge in [-0.05, 0) is 37.9 Å². The lowest BCUT2D eigenvalue weighted by Crippen LogP contribution is -2.43. The molecule has 0 aromatic rings. The van der Waals surface area contributed by atoms with Crippen molar-refractivity contribution in [2.24, 2.45) is 5.92 Å². The Labute approximate surface area is 113 Å². The fraction of sp³-hybridized carbons (Fsp3) is 0.833. The molecule has 6 heteroatoms. The molecule has 0 radical (unpaired) electrons. The van der Waals surface area contributed by atoms with E-state index in [2.05, 4.69) is 17.9 Å². The minimum absolute atomic E-state index is 0.191. The molecule has 0 bridgehead atoms. The molecule has 0 saturated heterocycles. The number of carbonyl (C=O) groups is 2. The number of hydrogen-bond donors (Lipinski definition) is 3. The van der Waals surface area contributed by atoms with E-state index in [0.717, 1.165) is 12.8 Å². The molecule has 2 N–H and O–H groups in total. The predicted octanol–water partition coefficient (Wildman–Crippen LogP) is 1.08. The molecule has 1 saturated carbocycles.